The highest BCUT2D eigenvalue weighted by atomic mass is 19.1. The quantitative estimate of drug-likeness (QED) is 0.600. The molecule has 3 aromatic rings. The van der Waals surface area contributed by atoms with Crippen LogP contribution in [0.2, 0.25) is 0 Å². The number of halogens is 1. The number of aryl methyl sites for hydroxylation is 1. The second-order valence-corrected chi connectivity index (χ2v) is 6.13. The fourth-order valence-electron chi connectivity index (χ4n) is 2.57. The van der Waals surface area contributed by atoms with Gasteiger partial charge in [-0.1, -0.05) is 42.5 Å². The number of carbonyl (C=O) groups excluding carboxylic acids is 1. The minimum absolute atomic E-state index is 0.236. The molecule has 5 nitrogen and oxygen atoms in total. The van der Waals surface area contributed by atoms with Gasteiger partial charge in [0.1, 0.15) is 11.6 Å². The van der Waals surface area contributed by atoms with Crippen LogP contribution in [0.4, 0.5) is 10.2 Å². The Kier molecular flexibility index (Phi) is 6.46. The number of hydrogen-bond donors (Lipinski definition) is 2. The molecule has 0 spiro atoms. The second kappa shape index (κ2) is 9.43. The highest BCUT2D eigenvalue weighted by Gasteiger charge is 2.07. The van der Waals surface area contributed by atoms with Crippen molar-refractivity contribution < 1.29 is 9.18 Å². The zero-order valence-electron chi connectivity index (χ0n) is 14.9. The average Bonchev–Trinajstić information content (AvgIpc) is 2.72. The van der Waals surface area contributed by atoms with Crippen molar-refractivity contribution in [2.75, 3.05) is 11.9 Å². The summed E-state index contributed by atoms with van der Waals surface area (Å²) < 4.78 is 12.9. The Morgan fingerprint density at radius 2 is 1.67 bits per heavy atom. The maximum absolute atomic E-state index is 12.9. The Morgan fingerprint density at radius 3 is 2.37 bits per heavy atom. The molecule has 138 valence electrons. The van der Waals surface area contributed by atoms with Crippen molar-refractivity contribution in [2.24, 2.45) is 0 Å². The lowest BCUT2D eigenvalue weighted by atomic mass is 10.1. The number of rotatable bonds is 8. The van der Waals surface area contributed by atoms with Gasteiger partial charge in [-0.2, -0.15) is 0 Å². The van der Waals surface area contributed by atoms with Gasteiger partial charge in [-0.05, 0) is 48.2 Å². The van der Waals surface area contributed by atoms with E-state index in [1.54, 1.807) is 24.3 Å². The molecule has 1 amide bonds. The minimum Gasteiger partial charge on any atom is -0.365 e. The number of hydrogen-bond acceptors (Lipinski definition) is 4. The molecule has 1 aromatic heterocycles. The predicted octanol–water partition coefficient (Wildman–Crippen LogP) is 3.59. The fourth-order valence-corrected chi connectivity index (χ4v) is 2.57. The SMILES string of the molecule is O=C(NCCCc1ccccc1)c1ccc(NCc2ccc(F)cc2)nn1. The van der Waals surface area contributed by atoms with Gasteiger partial charge in [-0.25, -0.2) is 4.39 Å². The Morgan fingerprint density at radius 1 is 0.889 bits per heavy atom. The van der Waals surface area contributed by atoms with Crippen molar-refractivity contribution in [1.29, 1.82) is 0 Å². The molecule has 0 aliphatic carbocycles. The number of anilines is 1. The summed E-state index contributed by atoms with van der Waals surface area (Å²) in [6, 6.07) is 19.7. The molecule has 6 heteroatoms. The zero-order valence-corrected chi connectivity index (χ0v) is 14.9. The maximum Gasteiger partial charge on any atom is 0.271 e. The van der Waals surface area contributed by atoms with E-state index in [4.69, 9.17) is 0 Å². The summed E-state index contributed by atoms with van der Waals surface area (Å²) in [4.78, 5) is 12.1. The smallest absolute Gasteiger partial charge is 0.271 e. The second-order valence-electron chi connectivity index (χ2n) is 6.13. The molecule has 2 N–H and O–H groups in total. The fraction of sp³-hybridized carbons (Fsp3) is 0.190. The van der Waals surface area contributed by atoms with Crippen LogP contribution in [-0.4, -0.2) is 22.6 Å². The van der Waals surface area contributed by atoms with Gasteiger partial charge in [0, 0.05) is 13.1 Å². The molecule has 0 radical (unpaired) electrons. The molecular formula is C21H21FN4O. The van der Waals surface area contributed by atoms with Gasteiger partial charge in [0.15, 0.2) is 5.69 Å². The normalized spacial score (nSPS) is 10.4. The molecule has 0 bridgehead atoms. The highest BCUT2D eigenvalue weighted by molar-refractivity contribution is 5.92. The average molecular weight is 364 g/mol. The van der Waals surface area contributed by atoms with Gasteiger partial charge >= 0.3 is 0 Å². The maximum atomic E-state index is 12.9. The number of benzene rings is 2. The summed E-state index contributed by atoms with van der Waals surface area (Å²) in [6.07, 6.45) is 1.78. The third-order valence-electron chi connectivity index (χ3n) is 4.05. The molecule has 0 aliphatic rings. The third kappa shape index (κ3) is 5.88. The van der Waals surface area contributed by atoms with Crippen LogP contribution in [0.1, 0.15) is 28.0 Å². The summed E-state index contributed by atoms with van der Waals surface area (Å²) >= 11 is 0. The highest BCUT2D eigenvalue weighted by Crippen LogP contribution is 2.07. The molecule has 0 fully saturated rings. The number of nitrogens with zero attached hydrogens (tertiary/aromatic N) is 2. The Balaban J connectivity index is 1.42. The molecule has 0 unspecified atom stereocenters. The van der Waals surface area contributed by atoms with Gasteiger partial charge in [-0.15, -0.1) is 10.2 Å². The van der Waals surface area contributed by atoms with E-state index < -0.39 is 0 Å². The monoisotopic (exact) mass is 364 g/mol. The number of carbonyl (C=O) groups is 1. The minimum atomic E-state index is -0.266. The molecule has 0 saturated carbocycles. The van der Waals surface area contributed by atoms with Gasteiger partial charge in [-0.3, -0.25) is 4.79 Å². The largest absolute Gasteiger partial charge is 0.365 e. The van der Waals surface area contributed by atoms with Crippen molar-refractivity contribution in [2.45, 2.75) is 19.4 Å². The van der Waals surface area contributed by atoms with E-state index in [1.165, 1.54) is 17.7 Å². The zero-order chi connectivity index (χ0) is 18.9. The van der Waals surface area contributed by atoms with Gasteiger partial charge in [0.05, 0.1) is 0 Å². The first-order chi connectivity index (χ1) is 13.2. The number of aromatic nitrogens is 2. The molecule has 27 heavy (non-hydrogen) atoms. The molecule has 0 aliphatic heterocycles. The summed E-state index contributed by atoms with van der Waals surface area (Å²) in [5.74, 6) is 0.0540. The summed E-state index contributed by atoms with van der Waals surface area (Å²) in [5, 5.41) is 13.9. The first-order valence-electron chi connectivity index (χ1n) is 8.85. The van der Waals surface area contributed by atoms with Crippen molar-refractivity contribution in [3.05, 3.63) is 89.4 Å². The van der Waals surface area contributed by atoms with E-state index in [1.807, 2.05) is 18.2 Å². The van der Waals surface area contributed by atoms with Crippen LogP contribution in [0.3, 0.4) is 0 Å². The van der Waals surface area contributed by atoms with E-state index in [-0.39, 0.29) is 17.4 Å². The van der Waals surface area contributed by atoms with Crippen molar-refractivity contribution in [3.63, 3.8) is 0 Å². The summed E-state index contributed by atoms with van der Waals surface area (Å²) in [5.41, 5.74) is 2.46. The molecule has 0 atom stereocenters. The summed E-state index contributed by atoms with van der Waals surface area (Å²) in [7, 11) is 0. The molecule has 2 aromatic carbocycles. The topological polar surface area (TPSA) is 66.9 Å². The van der Waals surface area contributed by atoms with Crippen LogP contribution in [-0.2, 0) is 13.0 Å². The van der Waals surface area contributed by atoms with Crippen LogP contribution in [0.25, 0.3) is 0 Å². The van der Waals surface area contributed by atoms with Crippen LogP contribution >= 0.6 is 0 Å². The Hall–Kier alpha value is -3.28. The van der Waals surface area contributed by atoms with E-state index in [9.17, 15) is 9.18 Å². The van der Waals surface area contributed by atoms with Crippen LogP contribution in [0, 0.1) is 5.82 Å². The van der Waals surface area contributed by atoms with Crippen molar-refractivity contribution in [1.82, 2.24) is 15.5 Å². The molecule has 1 heterocycles. The first kappa shape index (κ1) is 18.5. The van der Waals surface area contributed by atoms with E-state index in [2.05, 4.69) is 33.0 Å². The van der Waals surface area contributed by atoms with Gasteiger partial charge in [0.25, 0.3) is 5.91 Å². The molecule has 3 rings (SSSR count). The Labute approximate surface area is 157 Å². The predicted molar refractivity (Wildman–Crippen MR) is 103 cm³/mol. The number of nitrogens with one attached hydrogen (secondary N) is 2. The van der Waals surface area contributed by atoms with E-state index >= 15 is 0 Å². The molecular weight excluding hydrogens is 343 g/mol. The van der Waals surface area contributed by atoms with Crippen LogP contribution < -0.4 is 10.6 Å². The number of amides is 1. The lowest BCUT2D eigenvalue weighted by Gasteiger charge is -2.07. The van der Waals surface area contributed by atoms with E-state index in [0.29, 0.717) is 18.9 Å². The summed E-state index contributed by atoms with van der Waals surface area (Å²) in [6.45, 7) is 1.08. The van der Waals surface area contributed by atoms with Gasteiger partial charge < -0.3 is 10.6 Å². The van der Waals surface area contributed by atoms with Crippen molar-refractivity contribution in [3.8, 4) is 0 Å². The lowest BCUT2D eigenvalue weighted by Crippen LogP contribution is -2.26. The standard InChI is InChI=1S/C21H21FN4O/c22-18-10-8-17(9-11-18)15-24-20-13-12-19(25-26-20)21(27)23-14-4-7-16-5-2-1-3-6-16/h1-3,5-6,8-13H,4,7,14-15H2,(H,23,27)(H,24,26). The first-order valence-corrected chi connectivity index (χ1v) is 8.85. The molecule has 0 saturated heterocycles. The van der Waals surface area contributed by atoms with E-state index in [0.717, 1.165) is 18.4 Å². The van der Waals surface area contributed by atoms with Crippen molar-refractivity contribution >= 4 is 11.7 Å². The third-order valence-corrected chi connectivity index (χ3v) is 4.05. The lowest BCUT2D eigenvalue weighted by molar-refractivity contribution is 0.0947. The van der Waals surface area contributed by atoms with Crippen LogP contribution in [0.15, 0.2) is 66.7 Å². The van der Waals surface area contributed by atoms with Gasteiger partial charge in [0.2, 0.25) is 0 Å². The Bertz CT molecular complexity index is 852. The van der Waals surface area contributed by atoms with Crippen LogP contribution in [0.5, 0.6) is 0 Å².